The Hall–Kier alpha value is -2.86. The molecule has 6 heteroatoms. The van der Waals surface area contributed by atoms with E-state index in [2.05, 4.69) is 0 Å². The number of rotatable bonds is 7. The first-order chi connectivity index (χ1) is 14.5. The van der Waals surface area contributed by atoms with E-state index in [1.807, 2.05) is 55.5 Å². The zero-order valence-corrected chi connectivity index (χ0v) is 17.5. The third-order valence-corrected chi connectivity index (χ3v) is 5.92. The molecule has 1 saturated heterocycles. The fourth-order valence-electron chi connectivity index (χ4n) is 4.12. The summed E-state index contributed by atoms with van der Waals surface area (Å²) < 4.78 is 5.43. The molecular formula is C24H28N2O4. The maximum atomic E-state index is 13.3. The van der Waals surface area contributed by atoms with Crippen LogP contribution in [0.15, 0.2) is 48.5 Å². The van der Waals surface area contributed by atoms with Gasteiger partial charge in [-0.1, -0.05) is 36.4 Å². The van der Waals surface area contributed by atoms with Gasteiger partial charge in [0.15, 0.2) is 0 Å². The van der Waals surface area contributed by atoms with E-state index in [0.717, 1.165) is 24.0 Å². The average Bonchev–Trinajstić information content (AvgIpc) is 3.53. The molecule has 6 nitrogen and oxygen atoms in total. The predicted octanol–water partition coefficient (Wildman–Crippen LogP) is 3.08. The summed E-state index contributed by atoms with van der Waals surface area (Å²) in [6, 6.07) is 15.3. The van der Waals surface area contributed by atoms with Crippen LogP contribution in [0.1, 0.15) is 36.5 Å². The molecule has 30 heavy (non-hydrogen) atoms. The normalized spacial score (nSPS) is 19.6. The number of aliphatic hydroxyl groups excluding tert-OH is 1. The van der Waals surface area contributed by atoms with Gasteiger partial charge in [0, 0.05) is 19.0 Å². The smallest absolute Gasteiger partial charge is 0.228 e. The van der Waals surface area contributed by atoms with Gasteiger partial charge >= 0.3 is 0 Å². The van der Waals surface area contributed by atoms with Gasteiger partial charge in [-0.3, -0.25) is 9.59 Å². The van der Waals surface area contributed by atoms with Gasteiger partial charge in [-0.15, -0.1) is 0 Å². The van der Waals surface area contributed by atoms with Crippen LogP contribution >= 0.6 is 0 Å². The zero-order valence-electron chi connectivity index (χ0n) is 17.5. The van der Waals surface area contributed by atoms with Crippen LogP contribution < -0.4 is 9.64 Å². The van der Waals surface area contributed by atoms with Crippen molar-refractivity contribution in [2.24, 2.45) is 5.92 Å². The number of carbonyl (C=O) groups is 2. The average molecular weight is 408 g/mol. The molecule has 2 aromatic rings. The Morgan fingerprint density at radius 2 is 1.97 bits per heavy atom. The lowest BCUT2D eigenvalue weighted by Crippen LogP contribution is -2.41. The Labute approximate surface area is 177 Å². The molecular weight excluding hydrogens is 380 g/mol. The number of methoxy groups -OCH3 is 1. The highest BCUT2D eigenvalue weighted by Crippen LogP contribution is 2.36. The van der Waals surface area contributed by atoms with Gasteiger partial charge in [-0.25, -0.2) is 0 Å². The van der Waals surface area contributed by atoms with E-state index in [1.54, 1.807) is 16.9 Å². The Kier molecular flexibility index (Phi) is 5.77. The Balaban J connectivity index is 1.50. The van der Waals surface area contributed by atoms with Crippen molar-refractivity contribution < 1.29 is 19.4 Å². The molecule has 1 saturated carbocycles. The molecule has 2 fully saturated rings. The maximum absolute atomic E-state index is 13.3. The third-order valence-electron chi connectivity index (χ3n) is 5.92. The lowest BCUT2D eigenvalue weighted by atomic mass is 10.0. The van der Waals surface area contributed by atoms with Crippen molar-refractivity contribution in [1.29, 1.82) is 0 Å². The van der Waals surface area contributed by atoms with Crippen molar-refractivity contribution >= 4 is 17.5 Å². The summed E-state index contributed by atoms with van der Waals surface area (Å²) in [5, 5.41) is 10.7. The van der Waals surface area contributed by atoms with Crippen LogP contribution in [0.25, 0.3) is 0 Å². The van der Waals surface area contributed by atoms with Crippen LogP contribution in [0.4, 0.5) is 5.69 Å². The Morgan fingerprint density at radius 3 is 2.63 bits per heavy atom. The van der Waals surface area contributed by atoms with Crippen molar-refractivity contribution in [3.63, 3.8) is 0 Å². The SMILES string of the molecule is COc1ccc(C)cc1N1C[C@H](C(=O)N(C[C@@H](O)c2ccccc2)C2CC2)CC1=O. The monoisotopic (exact) mass is 408 g/mol. The van der Waals surface area contributed by atoms with Gasteiger partial charge < -0.3 is 19.6 Å². The van der Waals surface area contributed by atoms with Gasteiger partial charge in [0.25, 0.3) is 0 Å². The molecule has 0 bridgehead atoms. The summed E-state index contributed by atoms with van der Waals surface area (Å²) >= 11 is 0. The molecule has 0 aromatic heterocycles. The highest BCUT2D eigenvalue weighted by molar-refractivity contribution is 6.01. The number of aliphatic hydroxyl groups is 1. The molecule has 1 heterocycles. The van der Waals surface area contributed by atoms with Crippen LogP contribution in [0, 0.1) is 12.8 Å². The molecule has 0 radical (unpaired) electrons. The summed E-state index contributed by atoms with van der Waals surface area (Å²) in [5.74, 6) is 0.0958. The first-order valence-electron chi connectivity index (χ1n) is 10.5. The zero-order chi connectivity index (χ0) is 21.3. The molecule has 158 valence electrons. The summed E-state index contributed by atoms with van der Waals surface area (Å²) in [5.41, 5.74) is 2.53. The van der Waals surface area contributed by atoms with Crippen molar-refractivity contribution in [2.45, 2.75) is 38.3 Å². The molecule has 2 atom stereocenters. The lowest BCUT2D eigenvalue weighted by Gasteiger charge is -2.28. The molecule has 1 aliphatic carbocycles. The van der Waals surface area contributed by atoms with Crippen LogP contribution in [0.5, 0.6) is 5.75 Å². The van der Waals surface area contributed by atoms with Gasteiger partial charge in [0.05, 0.1) is 31.4 Å². The number of hydrogen-bond donors (Lipinski definition) is 1. The van der Waals surface area contributed by atoms with E-state index in [4.69, 9.17) is 4.74 Å². The Bertz CT molecular complexity index is 926. The summed E-state index contributed by atoms with van der Waals surface area (Å²) in [6.45, 7) is 2.56. The molecule has 0 spiro atoms. The second-order valence-corrected chi connectivity index (χ2v) is 8.23. The molecule has 0 unspecified atom stereocenters. The molecule has 2 aliphatic rings. The number of anilines is 1. The largest absolute Gasteiger partial charge is 0.495 e. The molecule has 1 N–H and O–H groups in total. The number of ether oxygens (including phenoxy) is 1. The number of aryl methyl sites for hydroxylation is 1. The van der Waals surface area contributed by atoms with Crippen LogP contribution in [0.3, 0.4) is 0 Å². The first-order valence-corrected chi connectivity index (χ1v) is 10.5. The second kappa shape index (κ2) is 8.48. The fourth-order valence-corrected chi connectivity index (χ4v) is 4.12. The van der Waals surface area contributed by atoms with Crippen LogP contribution in [-0.2, 0) is 9.59 Å². The van der Waals surface area contributed by atoms with Gasteiger partial charge in [0.1, 0.15) is 5.75 Å². The molecule has 2 aromatic carbocycles. The molecule has 1 aliphatic heterocycles. The van der Waals surface area contributed by atoms with E-state index >= 15 is 0 Å². The second-order valence-electron chi connectivity index (χ2n) is 8.23. The number of carbonyl (C=O) groups excluding carboxylic acids is 2. The van der Waals surface area contributed by atoms with E-state index in [1.165, 1.54) is 0 Å². The van der Waals surface area contributed by atoms with Crippen molar-refractivity contribution in [3.8, 4) is 5.75 Å². The molecule has 2 amide bonds. The van der Waals surface area contributed by atoms with Gasteiger partial charge in [-0.05, 0) is 43.0 Å². The van der Waals surface area contributed by atoms with Crippen LogP contribution in [-0.4, -0.2) is 48.1 Å². The minimum atomic E-state index is -0.735. The topological polar surface area (TPSA) is 70.1 Å². The first kappa shape index (κ1) is 20.4. The molecule has 4 rings (SSSR count). The maximum Gasteiger partial charge on any atom is 0.228 e. The minimum Gasteiger partial charge on any atom is -0.495 e. The standard InChI is InChI=1S/C24H28N2O4/c1-16-8-11-22(30-2)20(12-16)26-14-18(13-23(26)28)24(29)25(19-9-10-19)15-21(27)17-6-4-3-5-7-17/h3-8,11-12,18-19,21,27H,9-10,13-15H2,1-2H3/t18-,21-/m1/s1. The summed E-state index contributed by atoms with van der Waals surface area (Å²) in [6.07, 6.45) is 1.34. The van der Waals surface area contributed by atoms with Crippen molar-refractivity contribution in [3.05, 3.63) is 59.7 Å². The minimum absolute atomic E-state index is 0.0463. The summed E-state index contributed by atoms with van der Waals surface area (Å²) in [4.78, 5) is 29.6. The number of amides is 2. The third kappa shape index (κ3) is 4.19. The van der Waals surface area contributed by atoms with E-state index in [9.17, 15) is 14.7 Å². The van der Waals surface area contributed by atoms with Gasteiger partial charge in [0.2, 0.25) is 11.8 Å². The van der Waals surface area contributed by atoms with Crippen LogP contribution in [0.2, 0.25) is 0 Å². The number of hydrogen-bond acceptors (Lipinski definition) is 4. The highest BCUT2D eigenvalue weighted by atomic mass is 16.5. The van der Waals surface area contributed by atoms with E-state index in [0.29, 0.717) is 18.0 Å². The van der Waals surface area contributed by atoms with Gasteiger partial charge in [-0.2, -0.15) is 0 Å². The summed E-state index contributed by atoms with van der Waals surface area (Å²) in [7, 11) is 1.58. The van der Waals surface area contributed by atoms with Crippen molar-refractivity contribution in [1.82, 2.24) is 4.90 Å². The number of nitrogens with zero attached hydrogens (tertiary/aromatic N) is 2. The quantitative estimate of drug-likeness (QED) is 0.764. The Morgan fingerprint density at radius 1 is 1.23 bits per heavy atom. The highest BCUT2D eigenvalue weighted by Gasteiger charge is 2.42. The fraction of sp³-hybridized carbons (Fsp3) is 0.417. The lowest BCUT2D eigenvalue weighted by molar-refractivity contribution is -0.137. The van der Waals surface area contributed by atoms with Crippen molar-refractivity contribution in [2.75, 3.05) is 25.1 Å². The number of benzene rings is 2. The van der Waals surface area contributed by atoms with E-state index < -0.39 is 12.0 Å². The van der Waals surface area contributed by atoms with E-state index in [-0.39, 0.29) is 30.8 Å². The predicted molar refractivity (Wildman–Crippen MR) is 114 cm³/mol.